The van der Waals surface area contributed by atoms with Gasteiger partial charge in [0.1, 0.15) is 24.3 Å². The van der Waals surface area contributed by atoms with Crippen LogP contribution in [0.15, 0.2) is 0 Å². The van der Waals surface area contributed by atoms with E-state index < -0.39 is 5.41 Å². The normalized spacial score (nSPS) is 6.80. The summed E-state index contributed by atoms with van der Waals surface area (Å²) in [4.78, 5) is 0. The fraction of sp³-hybridized carbons (Fsp3) is 0.200. The zero-order valence-electron chi connectivity index (χ0n) is 4.59. The molecule has 10 heavy (non-hydrogen) atoms. The molecule has 0 amide bonds. The van der Waals surface area contributed by atoms with Gasteiger partial charge in [-0.25, -0.2) is 0 Å². The first-order valence-electron chi connectivity index (χ1n) is 1.89. The van der Waals surface area contributed by atoms with Crippen LogP contribution in [0.1, 0.15) is 0 Å². The third-order valence-corrected chi connectivity index (χ3v) is 0.671. The van der Waals surface area contributed by atoms with Crippen LogP contribution in [-0.4, -0.2) is 0 Å². The first-order chi connectivity index (χ1) is 4.24. The van der Waals surface area contributed by atoms with Crippen LogP contribution in [0.5, 0.6) is 0 Å². The average molecular weight is 313 g/mol. The summed E-state index contributed by atoms with van der Waals surface area (Å²) < 4.78 is 0. The second-order valence-electron chi connectivity index (χ2n) is 1.20. The van der Waals surface area contributed by atoms with E-state index >= 15 is 0 Å². The van der Waals surface area contributed by atoms with Gasteiger partial charge in [-0.2, -0.15) is 21.0 Å². The van der Waals surface area contributed by atoms with Crippen molar-refractivity contribution in [2.75, 3.05) is 0 Å². The molecule has 0 saturated carbocycles. The Morgan fingerprint density at radius 3 is 0.900 bits per heavy atom. The molecule has 0 unspecified atom stereocenters. The van der Waals surface area contributed by atoms with E-state index in [-0.39, 0.29) is 22.4 Å². The van der Waals surface area contributed by atoms with Crippen molar-refractivity contribution in [3.63, 3.8) is 0 Å². The van der Waals surface area contributed by atoms with Gasteiger partial charge in [0.25, 0.3) is 0 Å². The Balaban J connectivity index is 0. The van der Waals surface area contributed by atoms with Crippen molar-refractivity contribution < 1.29 is 22.4 Å². The quantitative estimate of drug-likeness (QED) is 0.591. The van der Waals surface area contributed by atoms with E-state index in [1.54, 1.807) is 0 Å². The number of nitriles is 4. The van der Waals surface area contributed by atoms with Gasteiger partial charge >= 0.3 is 5.41 Å². The molecule has 5 heteroatoms. The second-order valence-corrected chi connectivity index (χ2v) is 1.20. The van der Waals surface area contributed by atoms with Gasteiger partial charge in [0, 0.05) is 22.4 Å². The molecule has 0 aromatic heterocycles. The molecule has 51 valence electrons. The molecule has 0 heterocycles. The molecular weight excluding hydrogens is 313 g/mol. The van der Waals surface area contributed by atoms with Crippen LogP contribution < -0.4 is 0 Å². The molecule has 0 atom stereocenters. The maximum atomic E-state index is 8.06. The third kappa shape index (κ3) is 1.90. The number of rotatable bonds is 0. The molecule has 0 aliphatic carbocycles. The molecular formula is C5AuN4. The summed E-state index contributed by atoms with van der Waals surface area (Å²) in [7, 11) is 0. The summed E-state index contributed by atoms with van der Waals surface area (Å²) in [6.45, 7) is 0. The summed E-state index contributed by atoms with van der Waals surface area (Å²) in [5.41, 5.74) is -2.11. The van der Waals surface area contributed by atoms with Crippen LogP contribution in [0.4, 0.5) is 0 Å². The van der Waals surface area contributed by atoms with Crippen LogP contribution in [0, 0.1) is 50.7 Å². The first-order valence-corrected chi connectivity index (χ1v) is 1.89. The minimum absolute atomic E-state index is 0. The van der Waals surface area contributed by atoms with Crippen LogP contribution in [-0.2, 0) is 22.4 Å². The van der Waals surface area contributed by atoms with Crippen molar-refractivity contribution in [2.24, 2.45) is 5.41 Å². The molecule has 0 aromatic rings. The van der Waals surface area contributed by atoms with E-state index in [1.165, 1.54) is 24.3 Å². The van der Waals surface area contributed by atoms with Gasteiger partial charge in [0.05, 0.1) is 0 Å². The molecule has 0 aliphatic rings. The van der Waals surface area contributed by atoms with E-state index in [0.29, 0.717) is 0 Å². The van der Waals surface area contributed by atoms with Crippen molar-refractivity contribution in [3.05, 3.63) is 0 Å². The maximum absolute atomic E-state index is 8.06. The van der Waals surface area contributed by atoms with Gasteiger partial charge in [-0.05, 0) is 0 Å². The Labute approximate surface area is 73.4 Å². The Bertz CT molecular complexity index is 206. The fourth-order valence-corrected chi connectivity index (χ4v) is 0.150. The van der Waals surface area contributed by atoms with Crippen LogP contribution in [0.3, 0.4) is 0 Å². The molecule has 0 aromatic carbocycles. The van der Waals surface area contributed by atoms with E-state index in [0.717, 1.165) is 0 Å². The summed E-state index contributed by atoms with van der Waals surface area (Å²) in [6, 6.07) is 5.12. The number of nitrogens with zero attached hydrogens (tertiary/aromatic N) is 4. The zero-order valence-corrected chi connectivity index (χ0v) is 6.76. The molecule has 0 saturated heterocycles. The molecule has 0 spiro atoms. The first kappa shape index (κ1) is 11.5. The van der Waals surface area contributed by atoms with Crippen molar-refractivity contribution >= 4 is 0 Å². The molecule has 4 nitrogen and oxygen atoms in total. The van der Waals surface area contributed by atoms with E-state index in [1.807, 2.05) is 0 Å². The predicted molar refractivity (Wildman–Crippen MR) is 24.9 cm³/mol. The summed E-state index contributed by atoms with van der Waals surface area (Å²) in [5, 5.41) is 32.2. The maximum Gasteiger partial charge on any atom is 0.312 e. The SMILES string of the molecule is N#CC(C#N)(C#N)C#N.[Au]. The predicted octanol–water partition coefficient (Wildman–Crippen LogP) is 0.0646. The van der Waals surface area contributed by atoms with E-state index in [9.17, 15) is 0 Å². The zero-order chi connectivity index (χ0) is 7.33. The van der Waals surface area contributed by atoms with E-state index in [4.69, 9.17) is 21.0 Å². The van der Waals surface area contributed by atoms with Crippen LogP contribution in [0.25, 0.3) is 0 Å². The topological polar surface area (TPSA) is 95.2 Å². The molecule has 0 N–H and O–H groups in total. The Morgan fingerprint density at radius 2 is 0.900 bits per heavy atom. The Kier molecular flexibility index (Phi) is 5.25. The monoisotopic (exact) mass is 313 g/mol. The molecule has 0 rings (SSSR count). The van der Waals surface area contributed by atoms with Gasteiger partial charge in [-0.1, -0.05) is 0 Å². The Hall–Kier alpha value is -1.30. The Morgan fingerprint density at radius 1 is 0.700 bits per heavy atom. The molecule has 0 aliphatic heterocycles. The van der Waals surface area contributed by atoms with E-state index in [2.05, 4.69) is 0 Å². The smallest absolute Gasteiger partial charge is 0.194 e. The number of hydrogen-bond acceptors (Lipinski definition) is 4. The summed E-state index contributed by atoms with van der Waals surface area (Å²) >= 11 is 0. The van der Waals surface area contributed by atoms with Gasteiger partial charge in [0.15, 0.2) is 0 Å². The fourth-order valence-electron chi connectivity index (χ4n) is 0.150. The molecule has 1 radical (unpaired) electrons. The summed E-state index contributed by atoms with van der Waals surface area (Å²) in [6.07, 6.45) is 0. The average Bonchev–Trinajstić information content (AvgIpc) is 1.95. The summed E-state index contributed by atoms with van der Waals surface area (Å²) in [5.74, 6) is 0. The standard InChI is InChI=1S/C5N4.Au/c6-1-5(2-7,3-8)4-9;. The van der Waals surface area contributed by atoms with Crippen LogP contribution in [0.2, 0.25) is 0 Å². The van der Waals surface area contributed by atoms with Crippen molar-refractivity contribution in [3.8, 4) is 24.3 Å². The third-order valence-electron chi connectivity index (χ3n) is 0.671. The molecule has 0 fully saturated rings. The van der Waals surface area contributed by atoms with Crippen molar-refractivity contribution in [2.45, 2.75) is 0 Å². The van der Waals surface area contributed by atoms with Crippen molar-refractivity contribution in [1.82, 2.24) is 0 Å². The second kappa shape index (κ2) is 4.57. The van der Waals surface area contributed by atoms with Gasteiger partial charge in [-0.15, -0.1) is 0 Å². The van der Waals surface area contributed by atoms with Crippen molar-refractivity contribution in [1.29, 1.82) is 21.0 Å². The largest absolute Gasteiger partial charge is 0.312 e. The van der Waals surface area contributed by atoms with Gasteiger partial charge in [-0.3, -0.25) is 0 Å². The minimum Gasteiger partial charge on any atom is -0.194 e. The molecule has 0 bridgehead atoms. The van der Waals surface area contributed by atoms with Gasteiger partial charge in [0.2, 0.25) is 0 Å². The van der Waals surface area contributed by atoms with Gasteiger partial charge < -0.3 is 0 Å². The minimum atomic E-state index is -2.11. The number of hydrogen-bond donors (Lipinski definition) is 0. The van der Waals surface area contributed by atoms with Crippen LogP contribution >= 0.6 is 0 Å².